The summed E-state index contributed by atoms with van der Waals surface area (Å²) in [5.41, 5.74) is 6.78. The Bertz CT molecular complexity index is 516. The van der Waals surface area contributed by atoms with E-state index in [0.717, 1.165) is 12.8 Å². The van der Waals surface area contributed by atoms with Crippen molar-refractivity contribution < 1.29 is 14.3 Å². The number of nitrogens with one attached hydrogen (secondary N) is 1. The Kier molecular flexibility index (Phi) is 2.97. The number of amides is 1. The lowest BCUT2D eigenvalue weighted by atomic mass is 10.1. The Morgan fingerprint density at radius 2 is 2.16 bits per heavy atom. The number of carbonyl (C=O) groups is 1. The number of benzene rings is 1. The predicted octanol–water partition coefficient (Wildman–Crippen LogP) is 1.92. The Balaban J connectivity index is 1.70. The van der Waals surface area contributed by atoms with Crippen molar-refractivity contribution >= 4 is 11.6 Å². The van der Waals surface area contributed by atoms with Gasteiger partial charge in [-0.3, -0.25) is 4.79 Å². The highest BCUT2D eigenvalue weighted by Crippen LogP contribution is 2.37. The molecular weight excluding hydrogens is 244 g/mol. The zero-order chi connectivity index (χ0) is 13.4. The first kappa shape index (κ1) is 12.1. The van der Waals surface area contributed by atoms with Gasteiger partial charge < -0.3 is 20.5 Å². The second kappa shape index (κ2) is 4.64. The summed E-state index contributed by atoms with van der Waals surface area (Å²) in [7, 11) is 0. The predicted molar refractivity (Wildman–Crippen MR) is 71.2 cm³/mol. The van der Waals surface area contributed by atoms with E-state index >= 15 is 0 Å². The van der Waals surface area contributed by atoms with Gasteiger partial charge in [0.15, 0.2) is 11.5 Å². The van der Waals surface area contributed by atoms with Crippen LogP contribution in [0, 0.1) is 5.92 Å². The standard InChI is InChI=1S/C14H18N2O3/c1-2-3-8-4-11(8)16-14(17)9-5-12-13(6-10(9)15)19-7-18-12/h5-6,8,11H,2-4,7,15H2,1H3,(H,16,17). The molecule has 2 unspecified atom stereocenters. The maximum absolute atomic E-state index is 12.2. The van der Waals surface area contributed by atoms with Crippen LogP contribution in [0.1, 0.15) is 36.5 Å². The molecule has 0 bridgehead atoms. The highest BCUT2D eigenvalue weighted by atomic mass is 16.7. The molecule has 0 aromatic heterocycles. The van der Waals surface area contributed by atoms with E-state index in [0.29, 0.717) is 34.7 Å². The number of anilines is 1. The molecule has 1 heterocycles. The van der Waals surface area contributed by atoms with Crippen LogP contribution in [-0.2, 0) is 0 Å². The third kappa shape index (κ3) is 2.32. The number of hydrogen-bond donors (Lipinski definition) is 2. The quantitative estimate of drug-likeness (QED) is 0.813. The van der Waals surface area contributed by atoms with Gasteiger partial charge in [0.1, 0.15) is 0 Å². The third-order valence-electron chi connectivity index (χ3n) is 3.69. The fraction of sp³-hybridized carbons (Fsp3) is 0.500. The van der Waals surface area contributed by atoms with Crippen molar-refractivity contribution in [1.29, 1.82) is 0 Å². The molecule has 102 valence electrons. The van der Waals surface area contributed by atoms with Crippen LogP contribution in [0.15, 0.2) is 12.1 Å². The molecule has 1 saturated carbocycles. The van der Waals surface area contributed by atoms with Crippen LogP contribution in [0.2, 0.25) is 0 Å². The number of nitrogens with two attached hydrogens (primary N) is 1. The smallest absolute Gasteiger partial charge is 0.253 e. The topological polar surface area (TPSA) is 73.6 Å². The van der Waals surface area contributed by atoms with E-state index in [4.69, 9.17) is 15.2 Å². The fourth-order valence-electron chi connectivity index (χ4n) is 2.51. The number of ether oxygens (including phenoxy) is 2. The Hall–Kier alpha value is -1.91. The zero-order valence-corrected chi connectivity index (χ0v) is 10.9. The maximum Gasteiger partial charge on any atom is 0.253 e. The normalized spacial score (nSPS) is 23.2. The lowest BCUT2D eigenvalue weighted by Crippen LogP contribution is -2.27. The van der Waals surface area contributed by atoms with Gasteiger partial charge in [0, 0.05) is 17.8 Å². The van der Waals surface area contributed by atoms with Crippen molar-refractivity contribution in [2.45, 2.75) is 32.2 Å². The van der Waals surface area contributed by atoms with Gasteiger partial charge in [-0.1, -0.05) is 13.3 Å². The molecule has 0 saturated heterocycles. The summed E-state index contributed by atoms with van der Waals surface area (Å²) >= 11 is 0. The van der Waals surface area contributed by atoms with Gasteiger partial charge in [0.05, 0.1) is 5.56 Å². The molecule has 0 radical (unpaired) electrons. The zero-order valence-electron chi connectivity index (χ0n) is 10.9. The van der Waals surface area contributed by atoms with Crippen LogP contribution in [0.5, 0.6) is 11.5 Å². The van der Waals surface area contributed by atoms with Gasteiger partial charge in [0.25, 0.3) is 5.91 Å². The monoisotopic (exact) mass is 262 g/mol. The van der Waals surface area contributed by atoms with Crippen LogP contribution < -0.4 is 20.5 Å². The van der Waals surface area contributed by atoms with E-state index in [9.17, 15) is 4.79 Å². The molecule has 2 aliphatic rings. The molecule has 1 aliphatic carbocycles. The minimum Gasteiger partial charge on any atom is -0.454 e. The Labute approximate surface area is 112 Å². The third-order valence-corrected chi connectivity index (χ3v) is 3.69. The van der Waals surface area contributed by atoms with E-state index in [1.54, 1.807) is 12.1 Å². The summed E-state index contributed by atoms with van der Waals surface area (Å²) in [6.07, 6.45) is 3.40. The van der Waals surface area contributed by atoms with Gasteiger partial charge in [0.2, 0.25) is 6.79 Å². The SMILES string of the molecule is CCCC1CC1NC(=O)c1cc2c(cc1N)OCO2. The highest BCUT2D eigenvalue weighted by molar-refractivity contribution is 6.00. The molecule has 1 aromatic carbocycles. The second-order valence-corrected chi connectivity index (χ2v) is 5.16. The first-order valence-electron chi connectivity index (χ1n) is 6.69. The molecule has 1 aliphatic heterocycles. The molecule has 1 aromatic rings. The number of hydrogen-bond acceptors (Lipinski definition) is 4. The van der Waals surface area contributed by atoms with Crippen molar-refractivity contribution in [3.63, 3.8) is 0 Å². The summed E-state index contributed by atoms with van der Waals surface area (Å²) < 4.78 is 10.5. The van der Waals surface area contributed by atoms with E-state index < -0.39 is 0 Å². The van der Waals surface area contributed by atoms with E-state index in [1.807, 2.05) is 0 Å². The van der Waals surface area contributed by atoms with Crippen LogP contribution in [-0.4, -0.2) is 18.7 Å². The molecule has 5 heteroatoms. The Morgan fingerprint density at radius 3 is 2.89 bits per heavy atom. The number of fused-ring (bicyclic) bond motifs is 1. The maximum atomic E-state index is 12.2. The Morgan fingerprint density at radius 1 is 1.42 bits per heavy atom. The second-order valence-electron chi connectivity index (χ2n) is 5.16. The van der Waals surface area contributed by atoms with Crippen LogP contribution in [0.4, 0.5) is 5.69 Å². The van der Waals surface area contributed by atoms with E-state index in [-0.39, 0.29) is 12.7 Å². The van der Waals surface area contributed by atoms with E-state index in [1.165, 1.54) is 6.42 Å². The molecule has 0 spiro atoms. The fourth-order valence-corrected chi connectivity index (χ4v) is 2.51. The highest BCUT2D eigenvalue weighted by Gasteiger charge is 2.37. The average Bonchev–Trinajstić information content (AvgIpc) is 2.94. The minimum absolute atomic E-state index is 0.126. The number of nitrogen functional groups attached to an aromatic ring is 1. The van der Waals surface area contributed by atoms with Crippen LogP contribution >= 0.6 is 0 Å². The lowest BCUT2D eigenvalue weighted by Gasteiger charge is -2.08. The van der Waals surface area contributed by atoms with Gasteiger partial charge in [-0.15, -0.1) is 0 Å². The van der Waals surface area contributed by atoms with Crippen molar-refractivity contribution in [2.24, 2.45) is 5.92 Å². The molecular formula is C14H18N2O3. The van der Waals surface area contributed by atoms with E-state index in [2.05, 4.69) is 12.2 Å². The van der Waals surface area contributed by atoms with Crippen molar-refractivity contribution in [1.82, 2.24) is 5.32 Å². The number of rotatable bonds is 4. The lowest BCUT2D eigenvalue weighted by molar-refractivity contribution is 0.0949. The molecule has 2 atom stereocenters. The average molecular weight is 262 g/mol. The van der Waals surface area contributed by atoms with Crippen LogP contribution in [0.25, 0.3) is 0 Å². The van der Waals surface area contributed by atoms with Gasteiger partial charge in [-0.05, 0) is 24.8 Å². The first-order chi connectivity index (χ1) is 9.19. The van der Waals surface area contributed by atoms with Gasteiger partial charge >= 0.3 is 0 Å². The molecule has 3 rings (SSSR count). The summed E-state index contributed by atoms with van der Waals surface area (Å²) in [4.78, 5) is 12.2. The summed E-state index contributed by atoms with van der Waals surface area (Å²) in [5, 5.41) is 3.02. The minimum atomic E-state index is -0.126. The van der Waals surface area contributed by atoms with Gasteiger partial charge in [-0.2, -0.15) is 0 Å². The molecule has 19 heavy (non-hydrogen) atoms. The molecule has 1 amide bonds. The largest absolute Gasteiger partial charge is 0.454 e. The molecule has 3 N–H and O–H groups in total. The van der Waals surface area contributed by atoms with Crippen molar-refractivity contribution in [3.8, 4) is 11.5 Å². The summed E-state index contributed by atoms with van der Waals surface area (Å²) in [6, 6.07) is 3.61. The number of carbonyl (C=O) groups excluding carboxylic acids is 1. The van der Waals surface area contributed by atoms with Crippen molar-refractivity contribution in [2.75, 3.05) is 12.5 Å². The molecule has 1 fully saturated rings. The summed E-state index contributed by atoms with van der Waals surface area (Å²) in [6.45, 7) is 2.34. The van der Waals surface area contributed by atoms with Gasteiger partial charge in [-0.25, -0.2) is 0 Å². The molecule has 5 nitrogen and oxygen atoms in total. The van der Waals surface area contributed by atoms with Crippen LogP contribution in [0.3, 0.4) is 0 Å². The first-order valence-corrected chi connectivity index (χ1v) is 6.69. The summed E-state index contributed by atoms with van der Waals surface area (Å²) in [5.74, 6) is 1.69. The van der Waals surface area contributed by atoms with Crippen molar-refractivity contribution in [3.05, 3.63) is 17.7 Å².